The number of nitrogens with zero attached hydrogens (tertiary/aromatic N) is 1. The summed E-state index contributed by atoms with van der Waals surface area (Å²) in [5, 5.41) is 14.2. The van der Waals surface area contributed by atoms with Gasteiger partial charge in [0.1, 0.15) is 6.04 Å². The number of carboxylic acids is 1. The van der Waals surface area contributed by atoms with E-state index in [9.17, 15) is 9.59 Å². The molecular formula is C14H18N4O3. The first kappa shape index (κ1) is 14.8. The molecule has 0 bridgehead atoms. The number of carbonyl (C=O) groups is 2. The smallest absolute Gasteiger partial charge is 0.326 e. The molecule has 0 fully saturated rings. The summed E-state index contributed by atoms with van der Waals surface area (Å²) in [6.45, 7) is 3.81. The van der Waals surface area contributed by atoms with E-state index in [1.54, 1.807) is 24.5 Å². The maximum absolute atomic E-state index is 11.9. The first-order valence-electron chi connectivity index (χ1n) is 6.69. The fraction of sp³-hybridized carbons (Fsp3) is 0.357. The van der Waals surface area contributed by atoms with Gasteiger partial charge in [-0.15, -0.1) is 0 Å². The van der Waals surface area contributed by atoms with E-state index in [0.29, 0.717) is 12.1 Å². The molecule has 112 valence electrons. The minimum absolute atomic E-state index is 0.174. The summed E-state index contributed by atoms with van der Waals surface area (Å²) in [7, 11) is 0. The Balaban J connectivity index is 2.01. The zero-order chi connectivity index (χ0) is 15.4. The number of aromatic nitrogens is 2. The summed E-state index contributed by atoms with van der Waals surface area (Å²) in [5.74, 6) is -0.865. The molecule has 0 spiro atoms. The zero-order valence-electron chi connectivity index (χ0n) is 11.9. The number of anilines is 1. The molecule has 2 aromatic rings. The highest BCUT2D eigenvalue weighted by Crippen LogP contribution is 2.15. The number of hydrogen-bond donors (Lipinski definition) is 4. The summed E-state index contributed by atoms with van der Waals surface area (Å²) in [6, 6.07) is 3.77. The van der Waals surface area contributed by atoms with Gasteiger partial charge in [0, 0.05) is 5.69 Å². The number of amides is 2. The van der Waals surface area contributed by atoms with Crippen LogP contribution in [0.5, 0.6) is 0 Å². The lowest BCUT2D eigenvalue weighted by Gasteiger charge is -2.16. The van der Waals surface area contributed by atoms with Crippen LogP contribution in [0.25, 0.3) is 11.0 Å². The van der Waals surface area contributed by atoms with Crippen LogP contribution >= 0.6 is 0 Å². The second-order valence-electron chi connectivity index (χ2n) is 5.25. The van der Waals surface area contributed by atoms with Gasteiger partial charge >= 0.3 is 12.0 Å². The third-order valence-corrected chi connectivity index (χ3v) is 2.99. The van der Waals surface area contributed by atoms with Crippen molar-refractivity contribution in [3.8, 4) is 0 Å². The van der Waals surface area contributed by atoms with Crippen LogP contribution in [-0.2, 0) is 4.79 Å². The minimum atomic E-state index is -1.04. The molecule has 7 nitrogen and oxygen atoms in total. The highest BCUT2D eigenvalue weighted by atomic mass is 16.4. The lowest BCUT2D eigenvalue weighted by molar-refractivity contribution is -0.139. The highest BCUT2D eigenvalue weighted by Gasteiger charge is 2.21. The number of nitrogens with one attached hydrogen (secondary N) is 3. The van der Waals surface area contributed by atoms with Gasteiger partial charge in [-0.3, -0.25) is 0 Å². The maximum atomic E-state index is 11.9. The molecule has 2 amide bonds. The molecule has 1 unspecified atom stereocenters. The molecule has 21 heavy (non-hydrogen) atoms. The van der Waals surface area contributed by atoms with Crippen LogP contribution < -0.4 is 10.6 Å². The van der Waals surface area contributed by atoms with Crippen molar-refractivity contribution in [2.24, 2.45) is 5.92 Å². The Bertz CT molecular complexity index is 650. The Hall–Kier alpha value is -2.57. The quantitative estimate of drug-likeness (QED) is 0.677. The molecule has 1 aromatic heterocycles. The van der Waals surface area contributed by atoms with Gasteiger partial charge in [-0.2, -0.15) is 0 Å². The van der Waals surface area contributed by atoms with Crippen LogP contribution in [0.3, 0.4) is 0 Å². The summed E-state index contributed by atoms with van der Waals surface area (Å²) in [6.07, 6.45) is 1.94. The predicted molar refractivity (Wildman–Crippen MR) is 79.1 cm³/mol. The number of benzene rings is 1. The van der Waals surface area contributed by atoms with Crippen molar-refractivity contribution < 1.29 is 14.7 Å². The van der Waals surface area contributed by atoms with Crippen LogP contribution in [0.15, 0.2) is 24.5 Å². The largest absolute Gasteiger partial charge is 0.480 e. The maximum Gasteiger partial charge on any atom is 0.326 e. The minimum Gasteiger partial charge on any atom is -0.480 e. The Morgan fingerprint density at radius 3 is 2.81 bits per heavy atom. The van der Waals surface area contributed by atoms with Crippen LogP contribution in [0.1, 0.15) is 20.3 Å². The van der Waals surface area contributed by atoms with E-state index in [0.717, 1.165) is 11.0 Å². The van der Waals surface area contributed by atoms with Gasteiger partial charge in [0.25, 0.3) is 0 Å². The van der Waals surface area contributed by atoms with Gasteiger partial charge in [0.15, 0.2) is 0 Å². The molecule has 0 radical (unpaired) electrons. The monoisotopic (exact) mass is 290 g/mol. The highest BCUT2D eigenvalue weighted by molar-refractivity contribution is 5.94. The van der Waals surface area contributed by atoms with Crippen molar-refractivity contribution in [1.29, 1.82) is 0 Å². The van der Waals surface area contributed by atoms with E-state index in [1.165, 1.54) is 0 Å². The number of aromatic amines is 1. The Kier molecular flexibility index (Phi) is 4.42. The number of carbonyl (C=O) groups excluding carboxylic acids is 1. The number of carboxylic acid groups (broad SMARTS) is 1. The number of H-pyrrole nitrogens is 1. The lowest BCUT2D eigenvalue weighted by Crippen LogP contribution is -2.43. The molecule has 0 aliphatic heterocycles. The van der Waals surface area contributed by atoms with Gasteiger partial charge in [-0.05, 0) is 30.5 Å². The van der Waals surface area contributed by atoms with Gasteiger partial charge in [0.2, 0.25) is 0 Å². The number of urea groups is 1. The fourth-order valence-electron chi connectivity index (χ4n) is 2.03. The molecule has 4 N–H and O–H groups in total. The van der Waals surface area contributed by atoms with Crippen molar-refractivity contribution in [2.75, 3.05) is 5.32 Å². The first-order chi connectivity index (χ1) is 9.95. The molecule has 1 atom stereocenters. The molecule has 0 aliphatic carbocycles. The van der Waals surface area contributed by atoms with Gasteiger partial charge in [0.05, 0.1) is 17.4 Å². The SMILES string of the molecule is CC(C)CC(NC(=O)Nc1ccc2nc[nH]c2c1)C(=O)O. The van der Waals surface area contributed by atoms with E-state index < -0.39 is 18.0 Å². The molecule has 2 rings (SSSR count). The van der Waals surface area contributed by atoms with E-state index in [1.807, 2.05) is 13.8 Å². The van der Waals surface area contributed by atoms with Gasteiger partial charge in [-0.1, -0.05) is 13.8 Å². The topological polar surface area (TPSA) is 107 Å². The van der Waals surface area contributed by atoms with E-state index >= 15 is 0 Å². The Morgan fingerprint density at radius 2 is 2.14 bits per heavy atom. The lowest BCUT2D eigenvalue weighted by atomic mass is 10.0. The van der Waals surface area contributed by atoms with E-state index in [-0.39, 0.29) is 5.92 Å². The molecular weight excluding hydrogens is 272 g/mol. The molecule has 1 heterocycles. The number of rotatable bonds is 5. The van der Waals surface area contributed by atoms with Crippen molar-refractivity contribution in [2.45, 2.75) is 26.3 Å². The Morgan fingerprint density at radius 1 is 1.38 bits per heavy atom. The third-order valence-electron chi connectivity index (χ3n) is 2.99. The zero-order valence-corrected chi connectivity index (χ0v) is 11.9. The van der Waals surface area contributed by atoms with Crippen LogP contribution in [0, 0.1) is 5.92 Å². The van der Waals surface area contributed by atoms with Crippen LogP contribution in [0.4, 0.5) is 10.5 Å². The fourth-order valence-corrected chi connectivity index (χ4v) is 2.03. The van der Waals surface area contributed by atoms with Crippen LogP contribution in [-0.4, -0.2) is 33.1 Å². The first-order valence-corrected chi connectivity index (χ1v) is 6.69. The third kappa shape index (κ3) is 3.95. The predicted octanol–water partition coefficient (Wildman–Crippen LogP) is 2.18. The normalized spacial score (nSPS) is 12.3. The molecule has 7 heteroatoms. The molecule has 1 aromatic carbocycles. The average Bonchev–Trinajstić information content (AvgIpc) is 2.84. The van der Waals surface area contributed by atoms with Crippen molar-refractivity contribution in [3.63, 3.8) is 0 Å². The summed E-state index contributed by atoms with van der Waals surface area (Å²) in [5.41, 5.74) is 2.16. The van der Waals surface area contributed by atoms with Crippen molar-refractivity contribution in [1.82, 2.24) is 15.3 Å². The average molecular weight is 290 g/mol. The van der Waals surface area contributed by atoms with E-state index in [2.05, 4.69) is 20.6 Å². The molecule has 0 saturated heterocycles. The number of hydrogen-bond acceptors (Lipinski definition) is 3. The van der Waals surface area contributed by atoms with Crippen molar-refractivity contribution in [3.05, 3.63) is 24.5 Å². The summed E-state index contributed by atoms with van der Waals surface area (Å²) < 4.78 is 0. The van der Waals surface area contributed by atoms with Crippen molar-refractivity contribution >= 4 is 28.7 Å². The molecule has 0 aliphatic rings. The number of imidazole rings is 1. The number of fused-ring (bicyclic) bond motifs is 1. The summed E-state index contributed by atoms with van der Waals surface area (Å²) >= 11 is 0. The second kappa shape index (κ2) is 6.25. The molecule has 0 saturated carbocycles. The summed E-state index contributed by atoms with van der Waals surface area (Å²) in [4.78, 5) is 30.0. The van der Waals surface area contributed by atoms with E-state index in [4.69, 9.17) is 5.11 Å². The van der Waals surface area contributed by atoms with Crippen LogP contribution in [0.2, 0.25) is 0 Å². The standard InChI is InChI=1S/C14H18N4O3/c1-8(2)5-12(13(19)20)18-14(21)17-9-3-4-10-11(6-9)16-7-15-10/h3-4,6-8,12H,5H2,1-2H3,(H,15,16)(H,19,20)(H2,17,18,21). The Labute approximate surface area is 121 Å². The number of aliphatic carboxylic acids is 1. The van der Waals surface area contributed by atoms with Gasteiger partial charge < -0.3 is 20.7 Å². The van der Waals surface area contributed by atoms with Gasteiger partial charge in [-0.25, -0.2) is 14.6 Å². The second-order valence-corrected chi connectivity index (χ2v) is 5.25.